The zero-order valence-electron chi connectivity index (χ0n) is 6.80. The Morgan fingerprint density at radius 2 is 1.38 bits per heavy atom. The molecule has 0 nitrogen and oxygen atoms in total. The number of rotatable bonds is 5. The molecule has 0 aromatic rings. The first kappa shape index (κ1) is 12.6. The second-order valence-corrected chi connectivity index (χ2v) is 2.74. The van der Waals surface area contributed by atoms with Gasteiger partial charge in [-0.3, -0.25) is 4.39 Å². The monoisotopic (exact) mass is 208 g/mol. The SMILES string of the molecule is FCCCCC(F)(CF)C(F)(F)F. The van der Waals surface area contributed by atoms with Crippen LogP contribution in [0.5, 0.6) is 0 Å². The zero-order valence-corrected chi connectivity index (χ0v) is 6.80. The number of hydrogen-bond acceptors (Lipinski definition) is 0. The van der Waals surface area contributed by atoms with Gasteiger partial charge >= 0.3 is 6.18 Å². The van der Waals surface area contributed by atoms with Crippen molar-refractivity contribution in [3.63, 3.8) is 0 Å². The van der Waals surface area contributed by atoms with Gasteiger partial charge in [0.25, 0.3) is 0 Å². The Morgan fingerprint density at radius 1 is 0.846 bits per heavy atom. The molecule has 6 heteroatoms. The van der Waals surface area contributed by atoms with E-state index in [1.807, 2.05) is 0 Å². The van der Waals surface area contributed by atoms with Crippen molar-refractivity contribution < 1.29 is 26.3 Å². The van der Waals surface area contributed by atoms with Crippen LogP contribution < -0.4 is 0 Å². The average molecular weight is 208 g/mol. The largest absolute Gasteiger partial charge is 0.425 e. The summed E-state index contributed by atoms with van der Waals surface area (Å²) in [6.45, 7) is -2.93. The van der Waals surface area contributed by atoms with Gasteiger partial charge in [-0.25, -0.2) is 8.78 Å². The summed E-state index contributed by atoms with van der Waals surface area (Å²) in [7, 11) is 0. The van der Waals surface area contributed by atoms with Gasteiger partial charge < -0.3 is 0 Å². The molecule has 0 heterocycles. The van der Waals surface area contributed by atoms with Crippen LogP contribution in [0.4, 0.5) is 26.3 Å². The fourth-order valence-corrected chi connectivity index (χ4v) is 0.784. The molecule has 1 unspecified atom stereocenters. The van der Waals surface area contributed by atoms with Gasteiger partial charge in [-0.2, -0.15) is 13.2 Å². The van der Waals surface area contributed by atoms with Crippen LogP contribution in [0.3, 0.4) is 0 Å². The molecule has 0 bridgehead atoms. The zero-order chi connectivity index (χ0) is 10.5. The summed E-state index contributed by atoms with van der Waals surface area (Å²) in [5, 5.41) is 0. The van der Waals surface area contributed by atoms with Crippen LogP contribution in [0, 0.1) is 0 Å². The lowest BCUT2D eigenvalue weighted by Crippen LogP contribution is -2.42. The van der Waals surface area contributed by atoms with Crippen molar-refractivity contribution in [3.8, 4) is 0 Å². The first-order valence-electron chi connectivity index (χ1n) is 3.75. The Morgan fingerprint density at radius 3 is 1.69 bits per heavy atom. The molecule has 0 aromatic heterocycles. The van der Waals surface area contributed by atoms with Gasteiger partial charge in [-0.15, -0.1) is 0 Å². The predicted octanol–water partition coefficient (Wildman–Crippen LogP) is 3.37. The van der Waals surface area contributed by atoms with Crippen LogP contribution in [-0.2, 0) is 0 Å². The van der Waals surface area contributed by atoms with E-state index < -0.39 is 31.6 Å². The summed E-state index contributed by atoms with van der Waals surface area (Å²) in [5.41, 5.74) is -3.80. The molecular weight excluding hydrogens is 198 g/mol. The molecule has 0 amide bonds. The van der Waals surface area contributed by atoms with Crippen LogP contribution in [-0.4, -0.2) is 25.2 Å². The van der Waals surface area contributed by atoms with Crippen LogP contribution in [0.1, 0.15) is 19.3 Å². The van der Waals surface area contributed by atoms with Crippen LogP contribution in [0.2, 0.25) is 0 Å². The van der Waals surface area contributed by atoms with E-state index >= 15 is 0 Å². The third-order valence-electron chi connectivity index (χ3n) is 1.68. The van der Waals surface area contributed by atoms with E-state index in [0.717, 1.165) is 0 Å². The molecule has 0 fully saturated rings. The fourth-order valence-electron chi connectivity index (χ4n) is 0.784. The highest BCUT2D eigenvalue weighted by Gasteiger charge is 2.55. The predicted molar refractivity (Wildman–Crippen MR) is 35.7 cm³/mol. The highest BCUT2D eigenvalue weighted by Crippen LogP contribution is 2.38. The van der Waals surface area contributed by atoms with E-state index in [1.165, 1.54) is 0 Å². The number of alkyl halides is 6. The average Bonchev–Trinajstić information content (AvgIpc) is 2.02. The number of halogens is 6. The molecule has 0 saturated carbocycles. The number of hydrogen-bond donors (Lipinski definition) is 0. The second kappa shape index (κ2) is 4.72. The van der Waals surface area contributed by atoms with E-state index in [9.17, 15) is 26.3 Å². The third kappa shape index (κ3) is 3.44. The molecule has 0 spiro atoms. The Hall–Kier alpha value is -0.420. The first-order valence-corrected chi connectivity index (χ1v) is 3.75. The van der Waals surface area contributed by atoms with Gasteiger partial charge in [0.1, 0.15) is 6.67 Å². The van der Waals surface area contributed by atoms with Gasteiger partial charge in [0, 0.05) is 0 Å². The van der Waals surface area contributed by atoms with Crippen LogP contribution >= 0.6 is 0 Å². The topological polar surface area (TPSA) is 0 Å². The second-order valence-electron chi connectivity index (χ2n) is 2.74. The molecule has 0 rings (SSSR count). The molecule has 80 valence electrons. The normalized spacial score (nSPS) is 17.1. The summed E-state index contributed by atoms with van der Waals surface area (Å²) >= 11 is 0. The summed E-state index contributed by atoms with van der Waals surface area (Å²) in [6, 6.07) is 0. The summed E-state index contributed by atoms with van der Waals surface area (Å²) in [4.78, 5) is 0. The van der Waals surface area contributed by atoms with Crippen molar-refractivity contribution in [3.05, 3.63) is 0 Å². The maximum Gasteiger partial charge on any atom is 0.425 e. The molecule has 13 heavy (non-hydrogen) atoms. The van der Waals surface area contributed by atoms with E-state index in [2.05, 4.69) is 0 Å². The fraction of sp³-hybridized carbons (Fsp3) is 1.00. The highest BCUT2D eigenvalue weighted by atomic mass is 19.4. The smallest absolute Gasteiger partial charge is 0.251 e. The third-order valence-corrected chi connectivity index (χ3v) is 1.68. The molecule has 0 N–H and O–H groups in total. The van der Waals surface area contributed by atoms with Crippen molar-refractivity contribution in [1.82, 2.24) is 0 Å². The van der Waals surface area contributed by atoms with Crippen molar-refractivity contribution in [2.24, 2.45) is 0 Å². The molecule has 1 atom stereocenters. The summed E-state index contributed by atoms with van der Waals surface area (Å²) in [6.07, 6.45) is -6.72. The van der Waals surface area contributed by atoms with Crippen molar-refractivity contribution >= 4 is 0 Å². The van der Waals surface area contributed by atoms with Gasteiger partial charge in [0.15, 0.2) is 0 Å². The standard InChI is InChI=1S/C7H10F6/c8-4-2-1-3-6(10,5-9)7(11,12)13/h1-5H2. The maximum atomic E-state index is 12.7. The molecule has 0 aromatic carbocycles. The lowest BCUT2D eigenvalue weighted by atomic mass is 10.00. The molecule has 0 radical (unpaired) electrons. The van der Waals surface area contributed by atoms with E-state index in [4.69, 9.17) is 0 Å². The Bertz CT molecular complexity index is 142. The van der Waals surface area contributed by atoms with E-state index in [-0.39, 0.29) is 12.8 Å². The minimum atomic E-state index is -5.21. The highest BCUT2D eigenvalue weighted by molar-refractivity contribution is 4.86. The van der Waals surface area contributed by atoms with E-state index in [1.54, 1.807) is 0 Å². The minimum absolute atomic E-state index is 0.179. The Balaban J connectivity index is 4.13. The van der Waals surface area contributed by atoms with E-state index in [0.29, 0.717) is 0 Å². The molecular formula is C7H10F6. The van der Waals surface area contributed by atoms with Crippen molar-refractivity contribution in [2.75, 3.05) is 13.3 Å². The summed E-state index contributed by atoms with van der Waals surface area (Å²) in [5.74, 6) is 0. The van der Waals surface area contributed by atoms with Crippen LogP contribution in [0.25, 0.3) is 0 Å². The Labute approximate surface area is 71.9 Å². The lowest BCUT2D eigenvalue weighted by molar-refractivity contribution is -0.237. The molecule has 0 aliphatic heterocycles. The molecule has 0 aliphatic rings. The number of unbranched alkanes of at least 4 members (excludes halogenated alkanes) is 1. The van der Waals surface area contributed by atoms with Crippen molar-refractivity contribution in [1.29, 1.82) is 0 Å². The van der Waals surface area contributed by atoms with Gasteiger partial charge in [-0.1, -0.05) is 0 Å². The van der Waals surface area contributed by atoms with Crippen LogP contribution in [0.15, 0.2) is 0 Å². The van der Waals surface area contributed by atoms with Gasteiger partial charge in [-0.05, 0) is 19.3 Å². The lowest BCUT2D eigenvalue weighted by Gasteiger charge is -2.24. The summed E-state index contributed by atoms with van der Waals surface area (Å²) < 4.78 is 71.4. The quantitative estimate of drug-likeness (QED) is 0.480. The minimum Gasteiger partial charge on any atom is -0.251 e. The first-order chi connectivity index (χ1) is 5.87. The Kier molecular flexibility index (Phi) is 4.56. The maximum absolute atomic E-state index is 12.7. The molecule has 0 aliphatic carbocycles. The van der Waals surface area contributed by atoms with Gasteiger partial charge in [0.05, 0.1) is 6.67 Å². The molecule has 0 saturated heterocycles. The van der Waals surface area contributed by atoms with Gasteiger partial charge in [0.2, 0.25) is 5.67 Å². The van der Waals surface area contributed by atoms with Crippen molar-refractivity contribution in [2.45, 2.75) is 31.1 Å².